The number of halogens is 1. The molecule has 1 saturated heterocycles. The minimum absolute atomic E-state index is 0.243. The third-order valence-electron chi connectivity index (χ3n) is 5.62. The Morgan fingerprint density at radius 2 is 1.80 bits per heavy atom. The lowest BCUT2D eigenvalue weighted by Crippen LogP contribution is -2.27. The predicted octanol–water partition coefficient (Wildman–Crippen LogP) is 4.23. The Kier molecular flexibility index (Phi) is 4.10. The zero-order chi connectivity index (χ0) is 20.1. The number of hydrogen-bond acceptors (Lipinski definition) is 6. The van der Waals surface area contributed by atoms with E-state index in [1.54, 1.807) is 12.3 Å². The average Bonchev–Trinajstić information content (AvgIpc) is 3.51. The summed E-state index contributed by atoms with van der Waals surface area (Å²) in [5.74, 6) is 1.08. The minimum atomic E-state index is -0.243. The molecule has 0 atom stereocenters. The summed E-state index contributed by atoms with van der Waals surface area (Å²) in [6.07, 6.45) is 3.87. The quantitative estimate of drug-likeness (QED) is 0.407. The van der Waals surface area contributed by atoms with Gasteiger partial charge in [-0.3, -0.25) is 10.1 Å². The van der Waals surface area contributed by atoms with Gasteiger partial charge in [-0.05, 0) is 56.3 Å². The summed E-state index contributed by atoms with van der Waals surface area (Å²) in [5, 5.41) is 10.7. The molecule has 1 aliphatic heterocycles. The molecule has 0 radical (unpaired) electrons. The molecule has 5 aromatic heterocycles. The molecular formula is C21H18FN7S. The summed E-state index contributed by atoms with van der Waals surface area (Å²) in [6.45, 7) is 2.04. The maximum atomic E-state index is 13.5. The van der Waals surface area contributed by atoms with E-state index in [2.05, 4.69) is 31.5 Å². The normalized spacial score (nSPS) is 15.4. The van der Waals surface area contributed by atoms with Crippen LogP contribution in [0.1, 0.15) is 24.5 Å². The van der Waals surface area contributed by atoms with Crippen LogP contribution in [0.5, 0.6) is 0 Å². The van der Waals surface area contributed by atoms with Crippen molar-refractivity contribution in [3.05, 3.63) is 47.4 Å². The van der Waals surface area contributed by atoms with Crippen LogP contribution in [0.4, 0.5) is 4.39 Å². The van der Waals surface area contributed by atoms with Gasteiger partial charge in [0.15, 0.2) is 16.6 Å². The first-order chi connectivity index (χ1) is 14.8. The summed E-state index contributed by atoms with van der Waals surface area (Å²) >= 11 is 1.06. The summed E-state index contributed by atoms with van der Waals surface area (Å²) in [4.78, 5) is 18.2. The number of fused-ring (bicyclic) bond motifs is 2. The van der Waals surface area contributed by atoms with Crippen LogP contribution in [-0.4, -0.2) is 43.2 Å². The van der Waals surface area contributed by atoms with Crippen LogP contribution in [0.15, 0.2) is 36.5 Å². The van der Waals surface area contributed by atoms with E-state index in [1.165, 1.54) is 6.07 Å². The number of pyridine rings is 2. The van der Waals surface area contributed by atoms with Gasteiger partial charge in [-0.25, -0.2) is 9.97 Å². The van der Waals surface area contributed by atoms with E-state index < -0.39 is 0 Å². The highest BCUT2D eigenvalue weighted by Crippen LogP contribution is 2.33. The molecule has 0 aromatic carbocycles. The molecule has 30 heavy (non-hydrogen) atoms. The number of aromatic nitrogens is 6. The standard InChI is InChI=1S/C21H18FN7S/c22-16-4-3-15(30-16)19-17-13(7-10-24-19)26-21(27-17)20-18-14(28-29-20)2-1-12(25-18)11-5-8-23-9-6-11/h1-4,7,10-11,23H,5-6,8-9H2,(H,26,27)(H,28,29). The molecule has 9 heteroatoms. The number of nitrogens with zero attached hydrogens (tertiary/aromatic N) is 4. The number of thiophene rings is 1. The van der Waals surface area contributed by atoms with Crippen molar-refractivity contribution >= 4 is 33.4 Å². The number of aromatic amines is 2. The highest BCUT2D eigenvalue weighted by atomic mass is 32.1. The van der Waals surface area contributed by atoms with Crippen molar-refractivity contribution in [3.8, 4) is 22.1 Å². The van der Waals surface area contributed by atoms with Crippen molar-refractivity contribution in [3.63, 3.8) is 0 Å². The molecule has 150 valence electrons. The smallest absolute Gasteiger partial charge is 0.177 e. The molecular weight excluding hydrogens is 401 g/mol. The number of nitrogens with one attached hydrogen (secondary N) is 3. The minimum Gasteiger partial charge on any atom is -0.336 e. The molecule has 1 fully saturated rings. The molecule has 3 N–H and O–H groups in total. The molecule has 0 unspecified atom stereocenters. The zero-order valence-corrected chi connectivity index (χ0v) is 16.8. The van der Waals surface area contributed by atoms with Crippen LogP contribution >= 0.6 is 11.3 Å². The topological polar surface area (TPSA) is 95.2 Å². The average molecular weight is 419 g/mol. The van der Waals surface area contributed by atoms with E-state index in [4.69, 9.17) is 9.97 Å². The maximum absolute atomic E-state index is 13.5. The van der Waals surface area contributed by atoms with Gasteiger partial charge in [0, 0.05) is 17.8 Å². The largest absolute Gasteiger partial charge is 0.336 e. The van der Waals surface area contributed by atoms with Crippen molar-refractivity contribution in [1.29, 1.82) is 0 Å². The van der Waals surface area contributed by atoms with Crippen LogP contribution in [0.3, 0.4) is 0 Å². The first-order valence-electron chi connectivity index (χ1n) is 9.93. The number of H-pyrrole nitrogens is 2. The Hall–Kier alpha value is -3.17. The number of piperidine rings is 1. The van der Waals surface area contributed by atoms with Crippen LogP contribution in [-0.2, 0) is 0 Å². The van der Waals surface area contributed by atoms with Gasteiger partial charge in [-0.15, -0.1) is 11.3 Å². The highest BCUT2D eigenvalue weighted by Gasteiger charge is 2.20. The Labute approximate surface area is 174 Å². The van der Waals surface area contributed by atoms with Crippen molar-refractivity contribution in [2.75, 3.05) is 13.1 Å². The molecule has 0 bridgehead atoms. The summed E-state index contributed by atoms with van der Waals surface area (Å²) < 4.78 is 13.5. The van der Waals surface area contributed by atoms with E-state index in [-0.39, 0.29) is 5.13 Å². The van der Waals surface area contributed by atoms with Gasteiger partial charge in [0.2, 0.25) is 0 Å². The molecule has 0 aliphatic carbocycles. The number of rotatable bonds is 3. The van der Waals surface area contributed by atoms with Crippen molar-refractivity contribution in [1.82, 2.24) is 35.5 Å². The zero-order valence-electron chi connectivity index (χ0n) is 15.9. The molecule has 5 aromatic rings. The van der Waals surface area contributed by atoms with Crippen LogP contribution < -0.4 is 5.32 Å². The third-order valence-corrected chi connectivity index (χ3v) is 6.50. The Balaban J connectivity index is 1.47. The van der Waals surface area contributed by atoms with Crippen molar-refractivity contribution in [2.24, 2.45) is 0 Å². The van der Waals surface area contributed by atoms with Gasteiger partial charge in [0.25, 0.3) is 0 Å². The summed E-state index contributed by atoms with van der Waals surface area (Å²) in [5.41, 5.74) is 5.64. The van der Waals surface area contributed by atoms with E-state index in [9.17, 15) is 4.39 Å². The van der Waals surface area contributed by atoms with Gasteiger partial charge < -0.3 is 10.3 Å². The molecule has 0 amide bonds. The molecule has 0 spiro atoms. The van der Waals surface area contributed by atoms with Gasteiger partial charge in [-0.2, -0.15) is 9.49 Å². The molecule has 1 aliphatic rings. The predicted molar refractivity (Wildman–Crippen MR) is 115 cm³/mol. The second kappa shape index (κ2) is 6.96. The Bertz CT molecular complexity index is 1360. The second-order valence-corrected chi connectivity index (χ2v) is 8.51. The van der Waals surface area contributed by atoms with Gasteiger partial charge >= 0.3 is 0 Å². The fourth-order valence-electron chi connectivity index (χ4n) is 4.09. The second-order valence-electron chi connectivity index (χ2n) is 7.47. The first-order valence-corrected chi connectivity index (χ1v) is 10.7. The number of imidazole rings is 1. The molecule has 6 heterocycles. The third kappa shape index (κ3) is 2.89. The van der Waals surface area contributed by atoms with Crippen molar-refractivity contribution < 1.29 is 4.39 Å². The fourth-order valence-corrected chi connectivity index (χ4v) is 4.82. The van der Waals surface area contributed by atoms with Crippen LogP contribution in [0.25, 0.3) is 44.2 Å². The van der Waals surface area contributed by atoms with E-state index in [0.717, 1.165) is 64.4 Å². The van der Waals surface area contributed by atoms with Gasteiger partial charge in [-0.1, -0.05) is 0 Å². The molecule has 7 nitrogen and oxygen atoms in total. The van der Waals surface area contributed by atoms with Crippen LogP contribution in [0, 0.1) is 5.13 Å². The molecule has 6 rings (SSSR count). The SMILES string of the molecule is Fc1ccc(-c2nccc3[nH]c(-c4n[nH]c5ccc(C6CCNCC6)nc45)nc23)s1. The summed E-state index contributed by atoms with van der Waals surface area (Å²) in [7, 11) is 0. The van der Waals surface area contributed by atoms with Crippen molar-refractivity contribution in [2.45, 2.75) is 18.8 Å². The summed E-state index contributed by atoms with van der Waals surface area (Å²) in [6, 6.07) is 9.17. The van der Waals surface area contributed by atoms with Gasteiger partial charge in [0.05, 0.1) is 15.9 Å². The number of hydrogen-bond donors (Lipinski definition) is 3. The maximum Gasteiger partial charge on any atom is 0.177 e. The van der Waals surface area contributed by atoms with Crippen LogP contribution in [0.2, 0.25) is 0 Å². The highest BCUT2D eigenvalue weighted by molar-refractivity contribution is 7.13. The lowest BCUT2D eigenvalue weighted by Gasteiger charge is -2.22. The Morgan fingerprint density at radius 3 is 2.63 bits per heavy atom. The molecule has 0 saturated carbocycles. The lowest BCUT2D eigenvalue weighted by molar-refractivity contribution is 0.454. The fraction of sp³-hybridized carbons (Fsp3) is 0.238. The van der Waals surface area contributed by atoms with Gasteiger partial charge in [0.1, 0.15) is 16.7 Å². The van der Waals surface area contributed by atoms with E-state index in [1.807, 2.05) is 12.1 Å². The first kappa shape index (κ1) is 17.7. The van der Waals surface area contributed by atoms with E-state index in [0.29, 0.717) is 28.6 Å². The lowest BCUT2D eigenvalue weighted by atomic mass is 9.94. The monoisotopic (exact) mass is 419 g/mol. The Morgan fingerprint density at radius 1 is 0.933 bits per heavy atom. The van der Waals surface area contributed by atoms with E-state index >= 15 is 0 Å².